The summed E-state index contributed by atoms with van der Waals surface area (Å²) in [6.07, 6.45) is 4.02. The van der Waals surface area contributed by atoms with Gasteiger partial charge >= 0.3 is 5.69 Å². The fourth-order valence-electron chi connectivity index (χ4n) is 4.60. The second-order valence-electron chi connectivity index (χ2n) is 8.28. The first-order valence-electron chi connectivity index (χ1n) is 11.3. The van der Waals surface area contributed by atoms with Gasteiger partial charge in [0.1, 0.15) is 0 Å². The molecule has 2 aromatic carbocycles. The number of aromatic amines is 1. The Morgan fingerprint density at radius 3 is 2.52 bits per heavy atom. The van der Waals surface area contributed by atoms with Crippen molar-refractivity contribution in [2.75, 3.05) is 0 Å². The van der Waals surface area contributed by atoms with E-state index < -0.39 is 5.69 Å². The van der Waals surface area contributed by atoms with Crippen LogP contribution in [0, 0.1) is 0 Å². The number of nitrogens with zero attached hydrogens (tertiary/aromatic N) is 5. The van der Waals surface area contributed by atoms with Crippen LogP contribution in [-0.2, 0) is 13.1 Å². The van der Waals surface area contributed by atoms with Crippen molar-refractivity contribution in [3.8, 4) is 0 Å². The van der Waals surface area contributed by atoms with E-state index in [1.54, 1.807) is 4.57 Å². The molecule has 0 saturated heterocycles. The highest BCUT2D eigenvalue weighted by Crippen LogP contribution is 2.25. The first-order valence-corrected chi connectivity index (χ1v) is 11.6. The van der Waals surface area contributed by atoms with Crippen LogP contribution < -0.4 is 11.2 Å². The third-order valence-corrected chi connectivity index (χ3v) is 6.63. The first-order chi connectivity index (χ1) is 16.0. The van der Waals surface area contributed by atoms with Crippen molar-refractivity contribution in [1.82, 2.24) is 28.7 Å². The van der Waals surface area contributed by atoms with Gasteiger partial charge in [-0.1, -0.05) is 38.1 Å². The molecule has 0 unspecified atom stereocenters. The van der Waals surface area contributed by atoms with Gasteiger partial charge in [0, 0.05) is 19.1 Å². The molecular weight excluding hydrogens is 440 g/mol. The molecule has 0 saturated carbocycles. The molecule has 9 heteroatoms. The SMILES string of the molecule is CCC(CC)n1c(Cl)nc2[nH]c(=O)n(CCCn3cnc4cc5ccccc5cc43)c(=O)c21. The third-order valence-electron chi connectivity index (χ3n) is 6.36. The quantitative estimate of drug-likeness (QED) is 0.359. The minimum absolute atomic E-state index is 0.0432. The van der Waals surface area contributed by atoms with E-state index >= 15 is 0 Å². The van der Waals surface area contributed by atoms with Gasteiger partial charge in [0.05, 0.1) is 17.4 Å². The van der Waals surface area contributed by atoms with Gasteiger partial charge in [-0.2, -0.15) is 4.98 Å². The van der Waals surface area contributed by atoms with E-state index in [2.05, 4.69) is 43.8 Å². The maximum absolute atomic E-state index is 13.3. The first kappa shape index (κ1) is 21.5. The molecule has 0 atom stereocenters. The molecule has 0 aliphatic heterocycles. The van der Waals surface area contributed by atoms with Crippen LogP contribution in [0.25, 0.3) is 33.0 Å². The molecule has 33 heavy (non-hydrogen) atoms. The van der Waals surface area contributed by atoms with E-state index in [0.29, 0.717) is 18.5 Å². The van der Waals surface area contributed by atoms with E-state index in [4.69, 9.17) is 11.6 Å². The van der Waals surface area contributed by atoms with Crippen molar-refractivity contribution in [3.05, 3.63) is 68.8 Å². The van der Waals surface area contributed by atoms with Crippen LogP contribution in [0.3, 0.4) is 0 Å². The summed E-state index contributed by atoms with van der Waals surface area (Å²) in [5, 5.41) is 2.52. The van der Waals surface area contributed by atoms with E-state index in [1.807, 2.05) is 32.3 Å². The molecule has 5 rings (SSSR count). The molecule has 0 amide bonds. The normalized spacial score (nSPS) is 12.0. The standard InChI is InChI=1S/C24H25ClN6O2/c1-3-17(4-2)31-20-21(27-23(31)25)28-24(33)30(22(20)32)11-7-10-29-14-26-18-12-15-8-5-6-9-16(15)13-19(18)29/h5-6,8-9,12-14,17H,3-4,7,10-11H2,1-2H3,(H,28,33). The molecule has 0 fully saturated rings. The number of hydrogen-bond acceptors (Lipinski definition) is 4. The van der Waals surface area contributed by atoms with Gasteiger partial charge in [-0.3, -0.25) is 14.3 Å². The smallest absolute Gasteiger partial charge is 0.330 e. The third kappa shape index (κ3) is 3.64. The Balaban J connectivity index is 1.45. The number of hydrogen-bond donors (Lipinski definition) is 1. The number of nitrogens with one attached hydrogen (secondary N) is 1. The number of imidazole rings is 2. The summed E-state index contributed by atoms with van der Waals surface area (Å²) in [5.74, 6) is 0. The highest BCUT2D eigenvalue weighted by atomic mass is 35.5. The minimum atomic E-state index is -0.472. The number of aryl methyl sites for hydroxylation is 1. The number of H-pyrrole nitrogens is 1. The monoisotopic (exact) mass is 464 g/mol. The number of aromatic nitrogens is 6. The summed E-state index contributed by atoms with van der Waals surface area (Å²) in [5.41, 5.74) is 1.72. The highest BCUT2D eigenvalue weighted by Gasteiger charge is 2.21. The summed E-state index contributed by atoms with van der Waals surface area (Å²) >= 11 is 6.34. The van der Waals surface area contributed by atoms with E-state index in [-0.39, 0.29) is 29.1 Å². The van der Waals surface area contributed by atoms with Gasteiger partial charge in [-0.25, -0.2) is 9.78 Å². The zero-order valence-corrected chi connectivity index (χ0v) is 19.3. The molecule has 5 aromatic rings. The van der Waals surface area contributed by atoms with Crippen molar-refractivity contribution >= 4 is 44.6 Å². The Bertz CT molecular complexity index is 1590. The molecule has 3 heterocycles. The Labute approximate surface area is 194 Å². The highest BCUT2D eigenvalue weighted by molar-refractivity contribution is 6.29. The van der Waals surface area contributed by atoms with Crippen molar-refractivity contribution < 1.29 is 0 Å². The molecule has 3 aromatic heterocycles. The predicted molar refractivity (Wildman–Crippen MR) is 131 cm³/mol. The summed E-state index contributed by atoms with van der Waals surface area (Å²) < 4.78 is 5.05. The fraction of sp³-hybridized carbons (Fsp3) is 0.333. The Kier molecular flexibility index (Phi) is 5.54. The number of halogens is 1. The summed E-state index contributed by atoms with van der Waals surface area (Å²) in [6.45, 7) is 4.99. The van der Waals surface area contributed by atoms with Crippen LogP contribution in [-0.4, -0.2) is 28.7 Å². The lowest BCUT2D eigenvalue weighted by atomic mass is 10.1. The Morgan fingerprint density at radius 2 is 1.79 bits per heavy atom. The fourth-order valence-corrected chi connectivity index (χ4v) is 4.90. The molecule has 8 nitrogen and oxygen atoms in total. The van der Waals surface area contributed by atoms with Crippen LogP contribution >= 0.6 is 11.6 Å². The summed E-state index contributed by atoms with van der Waals surface area (Å²) in [7, 11) is 0. The van der Waals surface area contributed by atoms with Crippen molar-refractivity contribution in [2.24, 2.45) is 0 Å². The largest absolute Gasteiger partial charge is 0.331 e. The lowest BCUT2D eigenvalue weighted by Crippen LogP contribution is -2.36. The average Bonchev–Trinajstić information content (AvgIpc) is 3.35. The molecule has 0 aliphatic rings. The second-order valence-corrected chi connectivity index (χ2v) is 8.62. The van der Waals surface area contributed by atoms with Gasteiger partial charge in [0.15, 0.2) is 11.2 Å². The van der Waals surface area contributed by atoms with Crippen LogP contribution in [0.5, 0.6) is 0 Å². The topological polar surface area (TPSA) is 90.5 Å². The average molecular weight is 465 g/mol. The van der Waals surface area contributed by atoms with Crippen LogP contribution in [0.15, 0.2) is 52.3 Å². The molecule has 0 radical (unpaired) electrons. The number of benzene rings is 2. The lowest BCUT2D eigenvalue weighted by molar-refractivity contribution is 0.479. The number of rotatable bonds is 7. The maximum atomic E-state index is 13.3. The minimum Gasteiger partial charge on any atom is -0.331 e. The Morgan fingerprint density at radius 1 is 1.06 bits per heavy atom. The maximum Gasteiger partial charge on any atom is 0.330 e. The molecule has 170 valence electrons. The molecule has 0 spiro atoms. The number of fused-ring (bicyclic) bond motifs is 3. The predicted octanol–water partition coefficient (Wildman–Crippen LogP) is 4.49. The van der Waals surface area contributed by atoms with Gasteiger partial charge in [0.25, 0.3) is 5.56 Å². The van der Waals surface area contributed by atoms with Gasteiger partial charge in [-0.05, 0) is 53.8 Å². The van der Waals surface area contributed by atoms with Crippen molar-refractivity contribution in [3.63, 3.8) is 0 Å². The van der Waals surface area contributed by atoms with Crippen LogP contribution in [0.2, 0.25) is 5.28 Å². The van der Waals surface area contributed by atoms with Gasteiger partial charge < -0.3 is 9.13 Å². The van der Waals surface area contributed by atoms with E-state index in [9.17, 15) is 9.59 Å². The van der Waals surface area contributed by atoms with Crippen molar-refractivity contribution in [1.29, 1.82) is 0 Å². The summed E-state index contributed by atoms with van der Waals surface area (Å²) in [6, 6.07) is 12.4. The molecule has 1 N–H and O–H groups in total. The van der Waals surface area contributed by atoms with Crippen LogP contribution in [0.1, 0.15) is 39.2 Å². The Hall–Kier alpha value is -3.39. The van der Waals surface area contributed by atoms with Gasteiger partial charge in [-0.15, -0.1) is 0 Å². The summed E-state index contributed by atoms with van der Waals surface area (Å²) in [4.78, 5) is 37.4. The zero-order chi connectivity index (χ0) is 23.1. The zero-order valence-electron chi connectivity index (χ0n) is 18.6. The van der Waals surface area contributed by atoms with Crippen LogP contribution in [0.4, 0.5) is 0 Å². The lowest BCUT2D eigenvalue weighted by Gasteiger charge is -2.16. The molecular formula is C24H25ClN6O2. The van der Waals surface area contributed by atoms with Crippen molar-refractivity contribution in [2.45, 2.75) is 52.2 Å². The second kappa shape index (κ2) is 8.51. The van der Waals surface area contributed by atoms with Gasteiger partial charge in [0.2, 0.25) is 5.28 Å². The van der Waals surface area contributed by atoms with E-state index in [1.165, 1.54) is 4.57 Å². The van der Waals surface area contributed by atoms with E-state index in [0.717, 1.165) is 34.6 Å². The molecule has 0 aliphatic carbocycles. The molecule has 0 bridgehead atoms.